The summed E-state index contributed by atoms with van der Waals surface area (Å²) in [7, 11) is 0. The van der Waals surface area contributed by atoms with Crippen LogP contribution in [-0.2, 0) is 51.2 Å². The van der Waals surface area contributed by atoms with Crippen LogP contribution in [0.4, 0.5) is 0 Å². The Bertz CT molecular complexity index is 1970. The van der Waals surface area contributed by atoms with Crippen LogP contribution >= 0.6 is 0 Å². The summed E-state index contributed by atoms with van der Waals surface area (Å²) in [6.07, 6.45) is 4.17. The topological polar surface area (TPSA) is 377 Å². The number of nitrogens with one attached hydrogen (secondary N) is 8. The lowest BCUT2D eigenvalue weighted by Gasteiger charge is -2.36. The summed E-state index contributed by atoms with van der Waals surface area (Å²) in [5.74, 6) is -7.80. The molecule has 2 aliphatic rings. The Morgan fingerprint density at radius 3 is 2.19 bits per heavy atom. The summed E-state index contributed by atoms with van der Waals surface area (Å²) in [6, 6.07) is -1.15. The van der Waals surface area contributed by atoms with Crippen molar-refractivity contribution in [3.05, 3.63) is 48.0 Å². The van der Waals surface area contributed by atoms with E-state index in [-0.39, 0.29) is 68.9 Å². The monoisotopic (exact) mass is 896 g/mol. The number of rotatable bonds is 24. The first-order valence-electron chi connectivity index (χ1n) is 21.2. The molecule has 23 heteroatoms. The number of aromatic nitrogens is 2. The Hall–Kier alpha value is -6.78. The number of guanidine groups is 1. The lowest BCUT2D eigenvalue weighted by molar-refractivity contribution is -0.149. The van der Waals surface area contributed by atoms with E-state index in [1.54, 1.807) is 32.2 Å². The second-order valence-corrected chi connectivity index (χ2v) is 16.5. The summed E-state index contributed by atoms with van der Waals surface area (Å²) >= 11 is 0. The first-order valence-corrected chi connectivity index (χ1v) is 21.2. The summed E-state index contributed by atoms with van der Waals surface area (Å²) < 4.78 is 0. The van der Waals surface area contributed by atoms with Crippen molar-refractivity contribution in [2.45, 2.75) is 108 Å². The molecule has 1 aliphatic heterocycles. The zero-order valence-electron chi connectivity index (χ0n) is 35.8. The van der Waals surface area contributed by atoms with Crippen molar-refractivity contribution in [2.24, 2.45) is 29.2 Å². The van der Waals surface area contributed by atoms with Crippen LogP contribution in [0.1, 0.15) is 70.1 Å². The van der Waals surface area contributed by atoms with Gasteiger partial charge in [0.15, 0.2) is 5.96 Å². The highest BCUT2D eigenvalue weighted by Crippen LogP contribution is 2.33. The van der Waals surface area contributed by atoms with E-state index in [0.29, 0.717) is 36.9 Å². The molecule has 0 bridgehead atoms. The number of nitrogens with two attached hydrogens (primary N) is 2. The minimum atomic E-state index is -1.47. The number of carbonyl (C=O) groups is 8. The number of hydrogen-bond acceptors (Lipinski definition) is 12. The molecule has 6 amide bonds. The molecule has 1 aliphatic carbocycles. The molecular formula is C41H60N12O11. The molecule has 2 fully saturated rings. The number of hydrogen-bond donors (Lipinski definition) is 13. The van der Waals surface area contributed by atoms with Crippen LogP contribution in [0.2, 0.25) is 0 Å². The normalized spacial score (nSPS) is 19.1. The summed E-state index contributed by atoms with van der Waals surface area (Å²) in [5.41, 5.74) is 12.2. The van der Waals surface area contributed by atoms with E-state index in [1.807, 2.05) is 0 Å². The van der Waals surface area contributed by atoms with Gasteiger partial charge in [0, 0.05) is 44.6 Å². The molecule has 1 unspecified atom stereocenters. The predicted octanol–water partition coefficient (Wildman–Crippen LogP) is -2.22. The molecule has 2 aromatic rings. The second-order valence-electron chi connectivity index (χ2n) is 16.5. The zero-order valence-corrected chi connectivity index (χ0v) is 35.8. The number of aliphatic carboxylic acids is 2. The van der Waals surface area contributed by atoms with E-state index in [9.17, 15) is 48.6 Å². The van der Waals surface area contributed by atoms with Crippen LogP contribution in [0.25, 0.3) is 0 Å². The molecule has 1 saturated heterocycles. The van der Waals surface area contributed by atoms with Gasteiger partial charge in [-0.05, 0) is 68.1 Å². The highest BCUT2D eigenvalue weighted by molar-refractivity contribution is 5.96. The Balaban J connectivity index is 1.40. The molecule has 2 heterocycles. The fourth-order valence-corrected chi connectivity index (χ4v) is 7.56. The minimum absolute atomic E-state index is 0.00473. The Kier molecular flexibility index (Phi) is 18.4. The van der Waals surface area contributed by atoms with Gasteiger partial charge in [-0.1, -0.05) is 26.0 Å². The second kappa shape index (κ2) is 23.6. The van der Waals surface area contributed by atoms with Crippen molar-refractivity contribution in [1.82, 2.24) is 46.8 Å². The number of phenols is 1. The van der Waals surface area contributed by atoms with E-state index >= 15 is 0 Å². The van der Waals surface area contributed by atoms with E-state index in [2.05, 4.69) is 41.9 Å². The van der Waals surface area contributed by atoms with Gasteiger partial charge < -0.3 is 68.6 Å². The van der Waals surface area contributed by atoms with Gasteiger partial charge in [-0.15, -0.1) is 0 Å². The first-order chi connectivity index (χ1) is 30.3. The fourth-order valence-electron chi connectivity index (χ4n) is 7.56. The number of amides is 6. The molecule has 6 atom stereocenters. The first kappa shape index (κ1) is 49.9. The molecule has 15 N–H and O–H groups in total. The van der Waals surface area contributed by atoms with Gasteiger partial charge in [0.05, 0.1) is 24.5 Å². The quantitative estimate of drug-likeness (QED) is 0.0302. The lowest BCUT2D eigenvalue weighted by Crippen LogP contribution is -2.59. The summed E-state index contributed by atoms with van der Waals surface area (Å²) in [4.78, 5) is 112. The summed E-state index contributed by atoms with van der Waals surface area (Å²) in [6.45, 7) is 3.87. The van der Waals surface area contributed by atoms with Crippen molar-refractivity contribution in [1.29, 1.82) is 5.41 Å². The van der Waals surface area contributed by atoms with E-state index in [1.165, 1.54) is 23.4 Å². The average molecular weight is 897 g/mol. The Morgan fingerprint density at radius 2 is 1.58 bits per heavy atom. The molecule has 1 saturated carbocycles. The molecule has 0 radical (unpaired) electrons. The molecule has 350 valence electrons. The van der Waals surface area contributed by atoms with Crippen molar-refractivity contribution in [3.63, 3.8) is 0 Å². The van der Waals surface area contributed by atoms with Crippen molar-refractivity contribution < 1.29 is 53.7 Å². The standard InChI is InChI=1S/C41H60N12O11/c1-21(2)33(52-37(60)28(5-3-11-46-41(43)44)49-35(58)27(42)17-32(55)56)38(61)50-29(15-22-7-9-26(54)10-8-22)36(59)47-18-23-13-24(14-23)34(57)51-30(16-25-19-45-20-48-25)39(62)53-12-4-6-31(53)40(63)64/h7-10,19-21,23-24,27-31,33,54H,3-6,11-18,42H2,1-2H3,(H,45,48)(H,47,59)(H,49,58)(H,50,61)(H,51,57)(H,52,60)(H,55,56)(H,63,64)(H4,43,44,46)/t23-,24+,27-,28-,29?,30-,31-,33-/m0/s1. The largest absolute Gasteiger partial charge is 0.508 e. The predicted molar refractivity (Wildman–Crippen MR) is 228 cm³/mol. The van der Waals surface area contributed by atoms with Crippen LogP contribution < -0.4 is 43.4 Å². The van der Waals surface area contributed by atoms with Gasteiger partial charge in [0.2, 0.25) is 35.4 Å². The zero-order chi connectivity index (χ0) is 47.1. The smallest absolute Gasteiger partial charge is 0.326 e. The van der Waals surface area contributed by atoms with Gasteiger partial charge in [-0.25, -0.2) is 9.78 Å². The SMILES string of the molecule is CC(C)[C@H](NC(=O)[C@H](CCCNC(=N)N)NC(=O)[C@@H](N)CC(=O)O)C(=O)NC(Cc1ccc(O)cc1)C(=O)NC[C@H]1C[C@@H](C(=O)N[C@@H](Cc2c[nH]cn2)C(=O)N2CCC[C@H]2C(=O)O)C1. The number of aromatic amines is 1. The maximum absolute atomic E-state index is 13.9. The number of nitrogens with zero attached hydrogens (tertiary/aromatic N) is 2. The molecule has 23 nitrogen and oxygen atoms in total. The number of benzene rings is 1. The van der Waals surface area contributed by atoms with Gasteiger partial charge >= 0.3 is 11.9 Å². The maximum atomic E-state index is 13.9. The number of carboxylic acid groups (broad SMARTS) is 2. The third kappa shape index (κ3) is 14.9. The number of carboxylic acids is 2. The van der Waals surface area contributed by atoms with Gasteiger partial charge in [-0.2, -0.15) is 0 Å². The molecular weight excluding hydrogens is 837 g/mol. The van der Waals surface area contributed by atoms with Gasteiger partial charge in [-0.3, -0.25) is 39.0 Å². The van der Waals surface area contributed by atoms with Crippen LogP contribution in [0, 0.1) is 23.2 Å². The van der Waals surface area contributed by atoms with Gasteiger partial charge in [0.1, 0.15) is 36.0 Å². The average Bonchev–Trinajstić information content (AvgIpc) is 3.93. The van der Waals surface area contributed by atoms with Crippen LogP contribution in [0.5, 0.6) is 5.75 Å². The molecule has 4 rings (SSSR count). The van der Waals surface area contributed by atoms with Crippen molar-refractivity contribution >= 4 is 53.3 Å². The number of likely N-dealkylation sites (tertiary alicyclic amines) is 1. The Labute approximate surface area is 369 Å². The van der Waals surface area contributed by atoms with Crippen molar-refractivity contribution in [3.8, 4) is 5.75 Å². The molecule has 64 heavy (non-hydrogen) atoms. The molecule has 0 spiro atoms. The number of carbonyl (C=O) groups excluding carboxylic acids is 6. The van der Waals surface area contributed by atoms with Gasteiger partial charge in [0.25, 0.3) is 0 Å². The van der Waals surface area contributed by atoms with E-state index in [4.69, 9.17) is 22.0 Å². The van der Waals surface area contributed by atoms with Crippen molar-refractivity contribution in [2.75, 3.05) is 19.6 Å². The van der Waals surface area contributed by atoms with Crippen LogP contribution in [0.15, 0.2) is 36.8 Å². The molecule has 1 aromatic carbocycles. The highest BCUT2D eigenvalue weighted by Gasteiger charge is 2.41. The van der Waals surface area contributed by atoms with Crippen LogP contribution in [0.3, 0.4) is 0 Å². The summed E-state index contributed by atoms with van der Waals surface area (Å²) in [5, 5.41) is 52.0. The highest BCUT2D eigenvalue weighted by atomic mass is 16.4. The fraction of sp³-hybridized carbons (Fsp3) is 0.561. The third-order valence-corrected chi connectivity index (χ3v) is 11.2. The van der Waals surface area contributed by atoms with E-state index < -0.39 is 96.0 Å². The number of aromatic hydroxyl groups is 1. The Morgan fingerprint density at radius 1 is 0.891 bits per heavy atom. The number of phenolic OH excluding ortho intramolecular Hbond substituents is 1. The third-order valence-electron chi connectivity index (χ3n) is 11.2. The van der Waals surface area contributed by atoms with E-state index in [0.717, 1.165) is 0 Å². The molecule has 1 aromatic heterocycles. The number of imidazole rings is 1. The van der Waals surface area contributed by atoms with Crippen LogP contribution in [-0.4, -0.2) is 139 Å². The lowest BCUT2D eigenvalue weighted by atomic mass is 9.74. The maximum Gasteiger partial charge on any atom is 0.326 e. The number of H-pyrrole nitrogens is 1. The minimum Gasteiger partial charge on any atom is -0.508 e.